The van der Waals surface area contributed by atoms with Gasteiger partial charge in [-0.05, 0) is 50.5 Å². The Morgan fingerprint density at radius 3 is 2.76 bits per heavy atom. The molecule has 0 saturated carbocycles. The van der Waals surface area contributed by atoms with Crippen LogP contribution in [0.5, 0.6) is 5.75 Å². The largest absolute Gasteiger partial charge is 0.495 e. The molecule has 176 valence electrons. The number of carbonyl (C=O) groups excluding carboxylic acids is 1. The molecular weight excluding hydrogens is 464 g/mol. The molecule has 11 heteroatoms. The molecule has 1 atom stereocenters. The van der Waals surface area contributed by atoms with Gasteiger partial charge in [0, 0.05) is 24.9 Å². The van der Waals surface area contributed by atoms with Gasteiger partial charge in [-0.3, -0.25) is 4.79 Å². The van der Waals surface area contributed by atoms with E-state index >= 15 is 0 Å². The Hall–Kier alpha value is -2.76. The molecule has 0 bridgehead atoms. The number of hydrogen-bond acceptors (Lipinski definition) is 8. The Balaban J connectivity index is 1.53. The first-order valence-corrected chi connectivity index (χ1v) is 12.8. The number of carbonyl (C=O) groups is 1. The van der Waals surface area contributed by atoms with Crippen LogP contribution in [0.1, 0.15) is 29.2 Å². The van der Waals surface area contributed by atoms with Gasteiger partial charge in [0.25, 0.3) is 0 Å². The van der Waals surface area contributed by atoms with E-state index in [1.807, 2.05) is 19.1 Å². The summed E-state index contributed by atoms with van der Waals surface area (Å²) in [5.41, 5.74) is 1.57. The lowest BCUT2D eigenvalue weighted by Crippen LogP contribution is -2.43. The van der Waals surface area contributed by atoms with Gasteiger partial charge in [-0.25, -0.2) is 8.42 Å². The maximum Gasteiger partial charge on any atom is 0.244 e. The Kier molecular flexibility index (Phi) is 6.55. The van der Waals surface area contributed by atoms with E-state index in [0.717, 1.165) is 5.56 Å². The number of benzene rings is 1. The highest BCUT2D eigenvalue weighted by Crippen LogP contribution is 2.35. The molecule has 1 amide bonds. The fourth-order valence-electron chi connectivity index (χ4n) is 3.90. The summed E-state index contributed by atoms with van der Waals surface area (Å²) < 4.78 is 38.6. The van der Waals surface area contributed by atoms with Crippen molar-refractivity contribution in [2.24, 2.45) is 5.92 Å². The minimum Gasteiger partial charge on any atom is -0.495 e. The van der Waals surface area contributed by atoms with Crippen LogP contribution in [0.4, 0.5) is 5.69 Å². The lowest BCUT2D eigenvalue weighted by Gasteiger charge is -2.31. The van der Waals surface area contributed by atoms with Crippen LogP contribution < -0.4 is 10.1 Å². The summed E-state index contributed by atoms with van der Waals surface area (Å²) >= 11 is 1.30. The van der Waals surface area contributed by atoms with Crippen molar-refractivity contribution in [3.63, 3.8) is 0 Å². The summed E-state index contributed by atoms with van der Waals surface area (Å²) in [6.07, 6.45) is 1.21. The summed E-state index contributed by atoms with van der Waals surface area (Å²) in [4.78, 5) is 18.7. The highest BCUT2D eigenvalue weighted by Gasteiger charge is 2.35. The molecule has 1 N–H and O–H groups in total. The first kappa shape index (κ1) is 23.4. The fourth-order valence-corrected chi connectivity index (χ4v) is 6.91. The van der Waals surface area contributed by atoms with Gasteiger partial charge < -0.3 is 14.6 Å². The van der Waals surface area contributed by atoms with Gasteiger partial charge in [0.15, 0.2) is 0 Å². The van der Waals surface area contributed by atoms with E-state index in [9.17, 15) is 13.2 Å². The third-order valence-electron chi connectivity index (χ3n) is 5.61. The molecular formula is C22H26N4O5S2. The van der Waals surface area contributed by atoms with E-state index in [0.29, 0.717) is 52.3 Å². The van der Waals surface area contributed by atoms with Crippen LogP contribution in [0.3, 0.4) is 0 Å². The smallest absolute Gasteiger partial charge is 0.244 e. The average molecular weight is 491 g/mol. The Labute approximate surface area is 196 Å². The van der Waals surface area contributed by atoms with Gasteiger partial charge in [0.2, 0.25) is 27.6 Å². The van der Waals surface area contributed by atoms with Crippen molar-refractivity contribution in [3.05, 3.63) is 40.6 Å². The summed E-state index contributed by atoms with van der Waals surface area (Å²) in [7, 11) is -2.23. The molecule has 9 nitrogen and oxygen atoms in total. The molecule has 1 saturated heterocycles. The first-order valence-electron chi connectivity index (χ1n) is 10.6. The molecule has 1 aliphatic rings. The van der Waals surface area contributed by atoms with Crippen LogP contribution in [0.15, 0.2) is 33.7 Å². The molecule has 4 rings (SSSR count). The molecule has 0 aliphatic carbocycles. The molecule has 0 radical (unpaired) electrons. The quantitative estimate of drug-likeness (QED) is 0.559. The summed E-state index contributed by atoms with van der Waals surface area (Å²) in [6.45, 7) is 5.85. The van der Waals surface area contributed by atoms with E-state index in [1.54, 1.807) is 33.1 Å². The van der Waals surface area contributed by atoms with E-state index in [-0.39, 0.29) is 17.3 Å². The Bertz CT molecular complexity index is 1280. The second-order valence-corrected chi connectivity index (χ2v) is 11.2. The van der Waals surface area contributed by atoms with Gasteiger partial charge in [0.1, 0.15) is 5.75 Å². The molecule has 3 heterocycles. The van der Waals surface area contributed by atoms with Crippen LogP contribution in [-0.2, 0) is 14.8 Å². The minimum atomic E-state index is -3.78. The SMILES string of the molecule is COc1ccc(C)cc1NC(=O)[C@@H]1CCCN(S(=O)(=O)c2cc(-c3noc(C)n3)sc2C)C1. The van der Waals surface area contributed by atoms with Gasteiger partial charge in [-0.1, -0.05) is 11.2 Å². The third-order valence-corrected chi connectivity index (χ3v) is 8.77. The van der Waals surface area contributed by atoms with Crippen molar-refractivity contribution in [1.82, 2.24) is 14.4 Å². The molecule has 1 fully saturated rings. The topological polar surface area (TPSA) is 115 Å². The zero-order chi connectivity index (χ0) is 23.8. The number of rotatable bonds is 6. The zero-order valence-electron chi connectivity index (χ0n) is 18.9. The number of thiophene rings is 1. The van der Waals surface area contributed by atoms with Crippen LogP contribution >= 0.6 is 11.3 Å². The highest BCUT2D eigenvalue weighted by atomic mass is 32.2. The number of piperidine rings is 1. The number of anilines is 1. The standard InChI is InChI=1S/C22H26N4O5S2/c1-13-7-8-18(30-4)17(10-13)24-22(27)16-6-5-9-26(12-16)33(28,29)20-11-19(32-14(20)2)21-23-15(3)31-25-21/h7-8,10-11,16H,5-6,9,12H2,1-4H3,(H,24,27)/t16-/m1/s1. The normalized spacial score (nSPS) is 17.2. The third kappa shape index (κ3) is 4.80. The van der Waals surface area contributed by atoms with Gasteiger partial charge in [0.05, 0.1) is 28.5 Å². The predicted octanol–water partition coefficient (Wildman–Crippen LogP) is 3.77. The second kappa shape index (κ2) is 9.24. The molecule has 1 aliphatic heterocycles. The number of nitrogens with one attached hydrogen (secondary N) is 1. The Morgan fingerprint density at radius 2 is 2.06 bits per heavy atom. The molecule has 2 aromatic heterocycles. The van der Waals surface area contributed by atoms with Crippen molar-refractivity contribution in [3.8, 4) is 16.5 Å². The van der Waals surface area contributed by atoms with Crippen molar-refractivity contribution in [1.29, 1.82) is 0 Å². The number of amides is 1. The van der Waals surface area contributed by atoms with E-state index in [1.165, 1.54) is 15.6 Å². The summed E-state index contributed by atoms with van der Waals surface area (Å²) in [5, 5.41) is 6.80. The molecule has 0 spiro atoms. The Morgan fingerprint density at radius 1 is 1.27 bits per heavy atom. The lowest BCUT2D eigenvalue weighted by atomic mass is 9.98. The molecule has 1 aromatic carbocycles. The van der Waals surface area contributed by atoms with E-state index in [4.69, 9.17) is 9.26 Å². The summed E-state index contributed by atoms with van der Waals surface area (Å²) in [5.74, 6) is 0.661. The van der Waals surface area contributed by atoms with Crippen LogP contribution in [0.25, 0.3) is 10.7 Å². The van der Waals surface area contributed by atoms with E-state index in [2.05, 4.69) is 15.5 Å². The van der Waals surface area contributed by atoms with E-state index < -0.39 is 15.9 Å². The minimum absolute atomic E-state index is 0.119. The number of nitrogens with zero attached hydrogens (tertiary/aromatic N) is 3. The number of aryl methyl sites for hydroxylation is 3. The fraction of sp³-hybridized carbons (Fsp3) is 0.409. The number of aromatic nitrogens is 2. The number of sulfonamides is 1. The number of ether oxygens (including phenoxy) is 1. The highest BCUT2D eigenvalue weighted by molar-refractivity contribution is 7.89. The second-order valence-electron chi connectivity index (χ2n) is 8.06. The molecule has 0 unspecified atom stereocenters. The van der Waals surface area contributed by atoms with Gasteiger partial charge in [-0.2, -0.15) is 9.29 Å². The molecule has 33 heavy (non-hydrogen) atoms. The van der Waals surface area contributed by atoms with Crippen LogP contribution in [0, 0.1) is 26.7 Å². The predicted molar refractivity (Wildman–Crippen MR) is 125 cm³/mol. The monoisotopic (exact) mass is 490 g/mol. The number of methoxy groups -OCH3 is 1. The van der Waals surface area contributed by atoms with Gasteiger partial charge in [-0.15, -0.1) is 11.3 Å². The molecule has 3 aromatic rings. The maximum absolute atomic E-state index is 13.4. The van der Waals surface area contributed by atoms with Crippen molar-refractivity contribution in [2.75, 3.05) is 25.5 Å². The lowest BCUT2D eigenvalue weighted by molar-refractivity contribution is -0.120. The van der Waals surface area contributed by atoms with Crippen molar-refractivity contribution in [2.45, 2.75) is 38.5 Å². The van der Waals surface area contributed by atoms with Crippen molar-refractivity contribution < 1.29 is 22.5 Å². The zero-order valence-corrected chi connectivity index (χ0v) is 20.5. The maximum atomic E-state index is 13.4. The van der Waals surface area contributed by atoms with Gasteiger partial charge >= 0.3 is 0 Å². The first-order chi connectivity index (χ1) is 15.7. The number of hydrogen-bond donors (Lipinski definition) is 1. The van der Waals surface area contributed by atoms with Crippen LogP contribution in [-0.4, -0.2) is 49.0 Å². The average Bonchev–Trinajstić information content (AvgIpc) is 3.40. The summed E-state index contributed by atoms with van der Waals surface area (Å²) in [6, 6.07) is 7.12. The van der Waals surface area contributed by atoms with Crippen molar-refractivity contribution >= 4 is 33.0 Å². The van der Waals surface area contributed by atoms with Crippen LogP contribution in [0.2, 0.25) is 0 Å².